The lowest BCUT2D eigenvalue weighted by Crippen LogP contribution is -2.37. The maximum Gasteiger partial charge on any atom is 0.360 e. The standard InChI is InChI=1S/C17H21N3O5/c1-12-4-6-13(7-5-12)18-17(22)20(8-9-23-2)10-15-19-14(11-25-15)16(21)24-3/h4-7,11H,8-10H2,1-3H3,(H,18,22). The molecule has 0 aliphatic carbocycles. The van der Waals surface area contributed by atoms with Crippen LogP contribution in [0, 0.1) is 6.92 Å². The predicted octanol–water partition coefficient (Wildman–Crippen LogP) is 2.45. The van der Waals surface area contributed by atoms with Gasteiger partial charge >= 0.3 is 12.0 Å². The molecule has 0 atom stereocenters. The zero-order valence-electron chi connectivity index (χ0n) is 14.4. The zero-order chi connectivity index (χ0) is 18.2. The van der Waals surface area contributed by atoms with Crippen LogP contribution in [-0.4, -0.2) is 49.3 Å². The highest BCUT2D eigenvalue weighted by atomic mass is 16.5. The molecule has 0 aliphatic heterocycles. The molecule has 0 fully saturated rings. The first-order valence-corrected chi connectivity index (χ1v) is 7.67. The first-order chi connectivity index (χ1) is 12.0. The van der Waals surface area contributed by atoms with Crippen LogP contribution in [0.15, 0.2) is 34.9 Å². The molecule has 2 amide bonds. The second-order valence-corrected chi connectivity index (χ2v) is 5.33. The summed E-state index contributed by atoms with van der Waals surface area (Å²) in [5.74, 6) is -0.363. The average molecular weight is 347 g/mol. The number of methoxy groups -OCH3 is 2. The van der Waals surface area contributed by atoms with E-state index in [0.29, 0.717) is 18.8 Å². The maximum atomic E-state index is 12.5. The number of benzene rings is 1. The molecule has 25 heavy (non-hydrogen) atoms. The molecule has 0 saturated heterocycles. The summed E-state index contributed by atoms with van der Waals surface area (Å²) in [4.78, 5) is 29.4. The molecule has 1 heterocycles. The number of nitrogens with zero attached hydrogens (tertiary/aromatic N) is 2. The first-order valence-electron chi connectivity index (χ1n) is 7.67. The van der Waals surface area contributed by atoms with E-state index in [4.69, 9.17) is 9.15 Å². The summed E-state index contributed by atoms with van der Waals surface area (Å²) in [7, 11) is 2.81. The summed E-state index contributed by atoms with van der Waals surface area (Å²) >= 11 is 0. The largest absolute Gasteiger partial charge is 0.464 e. The number of esters is 1. The van der Waals surface area contributed by atoms with E-state index >= 15 is 0 Å². The lowest BCUT2D eigenvalue weighted by atomic mass is 10.2. The number of carbonyl (C=O) groups is 2. The fourth-order valence-electron chi connectivity index (χ4n) is 2.04. The number of rotatable bonds is 7. The highest BCUT2D eigenvalue weighted by molar-refractivity contribution is 5.89. The molecule has 0 bridgehead atoms. The van der Waals surface area contributed by atoms with E-state index in [1.54, 1.807) is 7.11 Å². The van der Waals surface area contributed by atoms with Crippen LogP contribution in [0.25, 0.3) is 0 Å². The van der Waals surface area contributed by atoms with Crippen LogP contribution in [0.4, 0.5) is 10.5 Å². The van der Waals surface area contributed by atoms with Gasteiger partial charge in [0.05, 0.1) is 20.3 Å². The van der Waals surface area contributed by atoms with Gasteiger partial charge in [0.15, 0.2) is 5.69 Å². The van der Waals surface area contributed by atoms with Crippen LogP contribution in [-0.2, 0) is 16.0 Å². The SMILES string of the molecule is COCCN(Cc1nc(C(=O)OC)co1)C(=O)Nc1ccc(C)cc1. The number of aromatic nitrogens is 1. The van der Waals surface area contributed by atoms with Crippen molar-refractivity contribution in [2.24, 2.45) is 0 Å². The van der Waals surface area contributed by atoms with E-state index in [1.165, 1.54) is 18.3 Å². The molecule has 8 heteroatoms. The Labute approximate surface area is 145 Å². The molecule has 1 aromatic heterocycles. The lowest BCUT2D eigenvalue weighted by molar-refractivity contribution is 0.0594. The second kappa shape index (κ2) is 8.84. The van der Waals surface area contributed by atoms with Crippen molar-refractivity contribution in [3.05, 3.63) is 47.7 Å². The van der Waals surface area contributed by atoms with Gasteiger partial charge in [-0.05, 0) is 19.1 Å². The molecular weight excluding hydrogens is 326 g/mol. The fourth-order valence-corrected chi connectivity index (χ4v) is 2.04. The molecule has 0 saturated carbocycles. The Bertz CT molecular complexity index is 711. The minimum absolute atomic E-state index is 0.0585. The number of hydrogen-bond acceptors (Lipinski definition) is 6. The number of aryl methyl sites for hydroxylation is 1. The molecule has 134 valence electrons. The highest BCUT2D eigenvalue weighted by Gasteiger charge is 2.19. The normalized spacial score (nSPS) is 10.4. The highest BCUT2D eigenvalue weighted by Crippen LogP contribution is 2.12. The molecule has 0 aliphatic rings. The number of nitrogens with one attached hydrogen (secondary N) is 1. The Kier molecular flexibility index (Phi) is 6.53. The Morgan fingerprint density at radius 3 is 2.60 bits per heavy atom. The molecule has 8 nitrogen and oxygen atoms in total. The number of amides is 2. The number of oxazole rings is 1. The third kappa shape index (κ3) is 5.32. The van der Waals surface area contributed by atoms with Crippen molar-refractivity contribution in [1.29, 1.82) is 0 Å². The predicted molar refractivity (Wildman–Crippen MR) is 90.3 cm³/mol. The molecular formula is C17H21N3O5. The van der Waals surface area contributed by atoms with Crippen LogP contribution in [0.2, 0.25) is 0 Å². The van der Waals surface area contributed by atoms with Gasteiger partial charge in [-0.1, -0.05) is 17.7 Å². The average Bonchev–Trinajstić information content (AvgIpc) is 3.08. The minimum Gasteiger partial charge on any atom is -0.464 e. The number of carbonyl (C=O) groups excluding carboxylic acids is 2. The van der Waals surface area contributed by atoms with Crippen molar-refractivity contribution < 1.29 is 23.5 Å². The Morgan fingerprint density at radius 1 is 1.24 bits per heavy atom. The van der Waals surface area contributed by atoms with Crippen LogP contribution in [0.1, 0.15) is 21.9 Å². The fraction of sp³-hybridized carbons (Fsp3) is 0.353. The van der Waals surface area contributed by atoms with Gasteiger partial charge in [-0.25, -0.2) is 14.6 Å². The Balaban J connectivity index is 2.06. The van der Waals surface area contributed by atoms with Crippen molar-refractivity contribution in [3.63, 3.8) is 0 Å². The number of urea groups is 1. The summed E-state index contributed by atoms with van der Waals surface area (Å²) in [6, 6.07) is 7.14. The lowest BCUT2D eigenvalue weighted by Gasteiger charge is -2.21. The van der Waals surface area contributed by atoms with Gasteiger partial charge in [-0.15, -0.1) is 0 Å². The number of hydrogen-bond donors (Lipinski definition) is 1. The van der Waals surface area contributed by atoms with Crippen molar-refractivity contribution in [3.8, 4) is 0 Å². The van der Waals surface area contributed by atoms with E-state index in [0.717, 1.165) is 5.56 Å². The maximum absolute atomic E-state index is 12.5. The van der Waals surface area contributed by atoms with Crippen molar-refractivity contribution in [1.82, 2.24) is 9.88 Å². The second-order valence-electron chi connectivity index (χ2n) is 5.33. The quantitative estimate of drug-likeness (QED) is 0.773. The van der Waals surface area contributed by atoms with Gasteiger partial charge in [0, 0.05) is 19.3 Å². The van der Waals surface area contributed by atoms with E-state index in [1.807, 2.05) is 31.2 Å². The van der Waals surface area contributed by atoms with Crippen LogP contribution >= 0.6 is 0 Å². The molecule has 1 N–H and O–H groups in total. The minimum atomic E-state index is -0.595. The third-order valence-electron chi connectivity index (χ3n) is 3.43. The van der Waals surface area contributed by atoms with Crippen LogP contribution in [0.3, 0.4) is 0 Å². The first kappa shape index (κ1) is 18.5. The van der Waals surface area contributed by atoms with Gasteiger partial charge in [-0.2, -0.15) is 0 Å². The summed E-state index contributed by atoms with van der Waals surface area (Å²) in [6.45, 7) is 2.76. The van der Waals surface area contributed by atoms with Crippen LogP contribution in [0.5, 0.6) is 0 Å². The summed E-state index contributed by atoms with van der Waals surface area (Å²) in [5, 5.41) is 2.81. The molecule has 0 radical (unpaired) electrons. The number of ether oxygens (including phenoxy) is 2. The van der Waals surface area contributed by atoms with E-state index < -0.39 is 5.97 Å². The molecule has 0 spiro atoms. The number of anilines is 1. The molecule has 1 aromatic carbocycles. The summed E-state index contributed by atoms with van der Waals surface area (Å²) in [5.41, 5.74) is 1.84. The zero-order valence-corrected chi connectivity index (χ0v) is 14.4. The van der Waals surface area contributed by atoms with Gasteiger partial charge in [0.2, 0.25) is 5.89 Å². The van der Waals surface area contributed by atoms with E-state index in [9.17, 15) is 9.59 Å². The van der Waals surface area contributed by atoms with E-state index in [2.05, 4.69) is 15.0 Å². The Morgan fingerprint density at radius 2 is 1.96 bits per heavy atom. The monoisotopic (exact) mass is 347 g/mol. The summed E-state index contributed by atoms with van der Waals surface area (Å²) < 4.78 is 14.9. The van der Waals surface area contributed by atoms with Crippen molar-refractivity contribution in [2.45, 2.75) is 13.5 Å². The van der Waals surface area contributed by atoms with Crippen molar-refractivity contribution in [2.75, 3.05) is 32.7 Å². The van der Waals surface area contributed by atoms with Gasteiger partial charge in [0.1, 0.15) is 6.26 Å². The van der Waals surface area contributed by atoms with Crippen molar-refractivity contribution >= 4 is 17.7 Å². The van der Waals surface area contributed by atoms with Crippen LogP contribution < -0.4 is 5.32 Å². The third-order valence-corrected chi connectivity index (χ3v) is 3.43. The van der Waals surface area contributed by atoms with Gasteiger partial charge in [0.25, 0.3) is 0 Å². The topological polar surface area (TPSA) is 93.9 Å². The summed E-state index contributed by atoms with van der Waals surface area (Å²) in [6.07, 6.45) is 1.20. The van der Waals surface area contributed by atoms with E-state index in [-0.39, 0.29) is 24.2 Å². The molecule has 0 unspecified atom stereocenters. The smallest absolute Gasteiger partial charge is 0.360 e. The molecule has 2 rings (SSSR count). The molecule has 2 aromatic rings. The van der Waals surface area contributed by atoms with Gasteiger partial charge in [-0.3, -0.25) is 0 Å². The van der Waals surface area contributed by atoms with Gasteiger partial charge < -0.3 is 24.1 Å². The Hall–Kier alpha value is -2.87.